The second-order valence-corrected chi connectivity index (χ2v) is 4.80. The van der Waals surface area contributed by atoms with Crippen LogP contribution in [-0.2, 0) is 0 Å². The fourth-order valence-electron chi connectivity index (χ4n) is 1.40. The van der Waals surface area contributed by atoms with E-state index in [0.29, 0.717) is 17.0 Å². The first kappa shape index (κ1) is 14.6. The molecule has 1 aromatic carbocycles. The Morgan fingerprint density at radius 1 is 1.35 bits per heavy atom. The van der Waals surface area contributed by atoms with E-state index in [0.717, 1.165) is 24.6 Å². The predicted molar refractivity (Wildman–Crippen MR) is 74.9 cm³/mol. The van der Waals surface area contributed by atoms with Crippen molar-refractivity contribution in [3.05, 3.63) is 40.5 Å². The van der Waals surface area contributed by atoms with E-state index in [1.807, 2.05) is 6.92 Å². The van der Waals surface area contributed by atoms with Gasteiger partial charge in [0, 0.05) is 12.6 Å². The van der Waals surface area contributed by atoms with Crippen molar-refractivity contribution in [3.8, 4) is 11.6 Å². The number of nitrogens with one attached hydrogen (secondary N) is 1. The van der Waals surface area contributed by atoms with Gasteiger partial charge in [-0.15, -0.1) is 0 Å². The van der Waals surface area contributed by atoms with E-state index in [1.165, 1.54) is 6.20 Å². The Morgan fingerprint density at radius 3 is 2.90 bits per heavy atom. The van der Waals surface area contributed by atoms with Crippen LogP contribution in [0.5, 0.6) is 11.6 Å². The van der Waals surface area contributed by atoms with Crippen LogP contribution >= 0.6 is 15.9 Å². The van der Waals surface area contributed by atoms with Crippen LogP contribution in [0.4, 0.5) is 14.7 Å². The van der Waals surface area contributed by atoms with Gasteiger partial charge in [0.05, 0.1) is 10.7 Å². The molecule has 1 heterocycles. The molecule has 1 aromatic heterocycles. The van der Waals surface area contributed by atoms with Crippen molar-refractivity contribution >= 4 is 21.9 Å². The van der Waals surface area contributed by atoms with E-state index in [1.54, 1.807) is 0 Å². The summed E-state index contributed by atoms with van der Waals surface area (Å²) in [7, 11) is 0. The van der Waals surface area contributed by atoms with E-state index >= 15 is 0 Å². The van der Waals surface area contributed by atoms with E-state index < -0.39 is 11.6 Å². The average molecular weight is 344 g/mol. The van der Waals surface area contributed by atoms with Crippen molar-refractivity contribution in [3.63, 3.8) is 0 Å². The topological polar surface area (TPSA) is 47.0 Å². The molecule has 0 aliphatic carbocycles. The molecule has 0 amide bonds. The lowest BCUT2D eigenvalue weighted by atomic mass is 10.3. The van der Waals surface area contributed by atoms with Crippen molar-refractivity contribution in [1.82, 2.24) is 9.97 Å². The van der Waals surface area contributed by atoms with Gasteiger partial charge in [0.25, 0.3) is 0 Å². The van der Waals surface area contributed by atoms with Crippen LogP contribution in [0.1, 0.15) is 13.3 Å². The van der Waals surface area contributed by atoms with Gasteiger partial charge in [-0.3, -0.25) is 0 Å². The van der Waals surface area contributed by atoms with Crippen molar-refractivity contribution in [2.24, 2.45) is 0 Å². The number of ether oxygens (including phenoxy) is 1. The fraction of sp³-hybridized carbons (Fsp3) is 0.231. The minimum Gasteiger partial charge on any atom is -0.434 e. The average Bonchev–Trinajstić information content (AvgIpc) is 2.43. The summed E-state index contributed by atoms with van der Waals surface area (Å²) < 4.78 is 32.4. The molecule has 0 saturated heterocycles. The monoisotopic (exact) mass is 343 g/mol. The van der Waals surface area contributed by atoms with Crippen molar-refractivity contribution in [2.45, 2.75) is 13.3 Å². The molecular formula is C13H12BrF2N3O. The molecule has 0 aliphatic heterocycles. The maximum Gasteiger partial charge on any atom is 0.238 e. The Hall–Kier alpha value is -1.76. The third kappa shape index (κ3) is 3.63. The lowest BCUT2D eigenvalue weighted by Gasteiger charge is -2.09. The number of anilines is 1. The summed E-state index contributed by atoms with van der Waals surface area (Å²) >= 11 is 3.21. The molecule has 20 heavy (non-hydrogen) atoms. The van der Waals surface area contributed by atoms with Crippen molar-refractivity contribution < 1.29 is 13.5 Å². The minimum absolute atomic E-state index is 0.114. The molecule has 106 valence electrons. The maximum absolute atomic E-state index is 13.5. The highest BCUT2D eigenvalue weighted by Crippen LogP contribution is 2.29. The number of aromatic nitrogens is 2. The molecule has 0 fully saturated rings. The van der Waals surface area contributed by atoms with E-state index in [-0.39, 0.29) is 11.6 Å². The second kappa shape index (κ2) is 6.60. The van der Waals surface area contributed by atoms with E-state index in [9.17, 15) is 8.78 Å². The number of hydrogen-bond donors (Lipinski definition) is 1. The Morgan fingerprint density at radius 2 is 2.15 bits per heavy atom. The molecule has 0 aliphatic rings. The van der Waals surface area contributed by atoms with Crippen molar-refractivity contribution in [1.29, 1.82) is 0 Å². The summed E-state index contributed by atoms with van der Waals surface area (Å²) in [5, 5.41) is 2.98. The first-order chi connectivity index (χ1) is 9.60. The Bertz CT molecular complexity index is 610. The lowest BCUT2D eigenvalue weighted by Crippen LogP contribution is -2.05. The van der Waals surface area contributed by atoms with E-state index in [2.05, 4.69) is 31.2 Å². The van der Waals surface area contributed by atoms with Crippen molar-refractivity contribution in [2.75, 3.05) is 11.9 Å². The third-order valence-corrected chi connectivity index (χ3v) is 2.89. The van der Waals surface area contributed by atoms with Gasteiger partial charge in [-0.05, 0) is 34.5 Å². The maximum atomic E-state index is 13.5. The largest absolute Gasteiger partial charge is 0.434 e. The molecule has 0 radical (unpaired) electrons. The van der Waals surface area contributed by atoms with Gasteiger partial charge < -0.3 is 10.1 Å². The summed E-state index contributed by atoms with van der Waals surface area (Å²) in [6, 6.07) is 2.98. The highest BCUT2D eigenvalue weighted by atomic mass is 79.9. The van der Waals surface area contributed by atoms with Gasteiger partial charge in [0.1, 0.15) is 5.82 Å². The summed E-state index contributed by atoms with van der Waals surface area (Å²) in [4.78, 5) is 8.14. The molecule has 4 nitrogen and oxygen atoms in total. The molecule has 2 aromatic rings. The summed E-state index contributed by atoms with van der Waals surface area (Å²) in [5.74, 6) is -1.01. The normalized spacial score (nSPS) is 10.4. The van der Waals surface area contributed by atoms with Crippen LogP contribution in [0.3, 0.4) is 0 Å². The summed E-state index contributed by atoms with van der Waals surface area (Å²) in [6.45, 7) is 2.71. The predicted octanol–water partition coefficient (Wildman–Crippen LogP) is 4.13. The highest BCUT2D eigenvalue weighted by molar-refractivity contribution is 9.10. The summed E-state index contributed by atoms with van der Waals surface area (Å²) in [6.07, 6.45) is 2.39. The van der Waals surface area contributed by atoms with Crippen LogP contribution in [0.15, 0.2) is 28.9 Å². The molecule has 0 bridgehead atoms. The number of halogens is 3. The van der Waals surface area contributed by atoms with Crippen LogP contribution in [0.2, 0.25) is 0 Å². The smallest absolute Gasteiger partial charge is 0.238 e. The van der Waals surface area contributed by atoms with Gasteiger partial charge in [0.15, 0.2) is 11.6 Å². The molecule has 0 atom stereocenters. The van der Waals surface area contributed by atoms with Crippen LogP contribution in [0, 0.1) is 11.6 Å². The van der Waals surface area contributed by atoms with Gasteiger partial charge in [0.2, 0.25) is 11.8 Å². The number of nitrogens with zero attached hydrogens (tertiary/aromatic N) is 2. The molecule has 0 saturated carbocycles. The first-order valence-electron chi connectivity index (χ1n) is 5.99. The van der Waals surface area contributed by atoms with Gasteiger partial charge in [-0.1, -0.05) is 6.92 Å². The SMILES string of the molecule is CCCNc1ncc(Br)c(Oc2cc(F)ccc2F)n1. The zero-order valence-corrected chi connectivity index (χ0v) is 12.2. The molecule has 7 heteroatoms. The molecule has 2 rings (SSSR count). The fourth-order valence-corrected chi connectivity index (χ4v) is 1.68. The third-order valence-electron chi connectivity index (χ3n) is 2.34. The lowest BCUT2D eigenvalue weighted by molar-refractivity contribution is 0.419. The quantitative estimate of drug-likeness (QED) is 0.886. The zero-order valence-electron chi connectivity index (χ0n) is 10.7. The second-order valence-electron chi connectivity index (χ2n) is 3.95. The van der Waals surface area contributed by atoms with Crippen LogP contribution in [-0.4, -0.2) is 16.5 Å². The Labute approximate surface area is 123 Å². The van der Waals surface area contributed by atoms with Crippen LogP contribution in [0.25, 0.3) is 0 Å². The van der Waals surface area contributed by atoms with Gasteiger partial charge in [-0.2, -0.15) is 4.98 Å². The Kier molecular flexibility index (Phi) is 4.84. The number of hydrogen-bond acceptors (Lipinski definition) is 4. The summed E-state index contributed by atoms with van der Waals surface area (Å²) in [5.41, 5.74) is 0. The number of benzene rings is 1. The molecule has 0 spiro atoms. The van der Waals surface area contributed by atoms with Gasteiger partial charge >= 0.3 is 0 Å². The molecular weight excluding hydrogens is 332 g/mol. The number of rotatable bonds is 5. The zero-order chi connectivity index (χ0) is 14.5. The standard InChI is InChI=1S/C13H12BrF2N3O/c1-2-5-17-13-18-7-9(14)12(19-13)20-11-6-8(15)3-4-10(11)16/h3-4,6-7H,2,5H2,1H3,(H,17,18,19). The molecule has 0 unspecified atom stereocenters. The molecule has 1 N–H and O–H groups in total. The van der Waals surface area contributed by atoms with Crippen LogP contribution < -0.4 is 10.1 Å². The highest BCUT2D eigenvalue weighted by Gasteiger charge is 2.11. The van der Waals surface area contributed by atoms with Gasteiger partial charge in [-0.25, -0.2) is 13.8 Å². The first-order valence-corrected chi connectivity index (χ1v) is 6.78. The van der Waals surface area contributed by atoms with E-state index in [4.69, 9.17) is 4.74 Å². The Balaban J connectivity index is 2.25. The minimum atomic E-state index is -0.667.